The fourth-order valence-electron chi connectivity index (χ4n) is 0.797. The van der Waals surface area contributed by atoms with Crippen LogP contribution in [-0.4, -0.2) is 30.7 Å². The second kappa shape index (κ2) is 2.33. The van der Waals surface area contributed by atoms with E-state index in [1.807, 2.05) is 0 Å². The van der Waals surface area contributed by atoms with Crippen LogP contribution in [0.3, 0.4) is 0 Å². The maximum absolute atomic E-state index is 10.7. The molecule has 52 valence electrons. The molecule has 4 nitrogen and oxygen atoms in total. The van der Waals surface area contributed by atoms with Gasteiger partial charge < -0.3 is 4.74 Å². The highest BCUT2D eigenvalue weighted by Gasteiger charge is 2.32. The molecule has 1 fully saturated rings. The number of carbonyl (C=O) groups excluding carboxylic acids is 1. The van der Waals surface area contributed by atoms with Crippen LogP contribution in [0, 0.1) is 0 Å². The van der Waals surface area contributed by atoms with Crippen LogP contribution in [0.2, 0.25) is 0 Å². The van der Waals surface area contributed by atoms with E-state index in [0.29, 0.717) is 0 Å². The van der Waals surface area contributed by atoms with E-state index in [4.69, 9.17) is 5.84 Å². The van der Waals surface area contributed by atoms with E-state index in [-0.39, 0.29) is 12.0 Å². The first-order valence-corrected chi connectivity index (χ1v) is 2.85. The Kier molecular flexibility index (Phi) is 1.68. The van der Waals surface area contributed by atoms with Crippen LogP contribution in [-0.2, 0) is 9.53 Å². The molecular weight excluding hydrogens is 120 g/mol. The van der Waals surface area contributed by atoms with E-state index in [9.17, 15) is 4.79 Å². The third-order valence-corrected chi connectivity index (χ3v) is 1.53. The van der Waals surface area contributed by atoms with E-state index < -0.39 is 0 Å². The molecule has 0 aromatic heterocycles. The van der Waals surface area contributed by atoms with Gasteiger partial charge in [-0.25, -0.2) is 5.01 Å². The first-order chi connectivity index (χ1) is 4.25. The first-order valence-electron chi connectivity index (χ1n) is 2.85. The second-order valence-electron chi connectivity index (χ2n) is 2.07. The van der Waals surface area contributed by atoms with Crippen molar-refractivity contribution in [3.63, 3.8) is 0 Å². The summed E-state index contributed by atoms with van der Waals surface area (Å²) in [5.74, 6) is 5.10. The summed E-state index contributed by atoms with van der Waals surface area (Å²) in [6, 6.07) is -0.185. The first kappa shape index (κ1) is 6.51. The van der Waals surface area contributed by atoms with Gasteiger partial charge in [0.05, 0.1) is 7.11 Å². The van der Waals surface area contributed by atoms with Crippen LogP contribution in [0.5, 0.6) is 0 Å². The molecule has 0 saturated carbocycles. The van der Waals surface area contributed by atoms with Crippen molar-refractivity contribution < 1.29 is 9.53 Å². The van der Waals surface area contributed by atoms with Crippen molar-refractivity contribution in [3.05, 3.63) is 0 Å². The molecule has 0 aromatic rings. The summed E-state index contributed by atoms with van der Waals surface area (Å²) in [5, 5.41) is 1.48. The maximum atomic E-state index is 10.7. The lowest BCUT2D eigenvalue weighted by Gasteiger charge is -2.34. The zero-order chi connectivity index (χ0) is 6.85. The topological polar surface area (TPSA) is 55.6 Å². The molecule has 1 atom stereocenters. The second-order valence-corrected chi connectivity index (χ2v) is 2.07. The molecule has 1 saturated heterocycles. The fourth-order valence-corrected chi connectivity index (χ4v) is 0.797. The third-order valence-electron chi connectivity index (χ3n) is 1.53. The van der Waals surface area contributed by atoms with Crippen LogP contribution in [0.1, 0.15) is 6.42 Å². The summed E-state index contributed by atoms with van der Waals surface area (Å²) in [4.78, 5) is 10.7. The van der Waals surface area contributed by atoms with Crippen LogP contribution < -0.4 is 5.84 Å². The molecule has 1 heterocycles. The Balaban J connectivity index is 2.35. The van der Waals surface area contributed by atoms with Gasteiger partial charge in [0.25, 0.3) is 0 Å². The minimum atomic E-state index is -0.233. The number of ether oxygens (including phenoxy) is 1. The van der Waals surface area contributed by atoms with Gasteiger partial charge in [0.15, 0.2) is 0 Å². The molecule has 0 aromatic carbocycles. The number of esters is 1. The van der Waals surface area contributed by atoms with Gasteiger partial charge in [-0.05, 0) is 6.42 Å². The van der Waals surface area contributed by atoms with Crippen molar-refractivity contribution in [2.75, 3.05) is 13.7 Å². The number of carbonyl (C=O) groups is 1. The number of nitrogens with zero attached hydrogens (tertiary/aromatic N) is 1. The predicted octanol–water partition coefficient (Wildman–Crippen LogP) is -0.893. The van der Waals surface area contributed by atoms with Crippen molar-refractivity contribution in [1.29, 1.82) is 0 Å². The molecule has 1 rings (SSSR count). The van der Waals surface area contributed by atoms with Crippen molar-refractivity contribution in [3.8, 4) is 0 Å². The predicted molar refractivity (Wildman–Crippen MR) is 31.3 cm³/mol. The average molecular weight is 130 g/mol. The molecule has 2 N–H and O–H groups in total. The van der Waals surface area contributed by atoms with E-state index in [1.165, 1.54) is 12.1 Å². The Bertz CT molecular complexity index is 126. The Morgan fingerprint density at radius 1 is 1.89 bits per heavy atom. The van der Waals surface area contributed by atoms with Crippen LogP contribution in [0.25, 0.3) is 0 Å². The summed E-state index contributed by atoms with van der Waals surface area (Å²) < 4.78 is 4.46. The van der Waals surface area contributed by atoms with E-state index in [0.717, 1.165) is 13.0 Å². The molecule has 4 heteroatoms. The summed E-state index contributed by atoms with van der Waals surface area (Å²) in [7, 11) is 1.37. The number of hydrazine groups is 1. The Morgan fingerprint density at radius 3 is 2.67 bits per heavy atom. The quantitative estimate of drug-likeness (QED) is 0.369. The molecular formula is C5H10N2O2. The Hall–Kier alpha value is -0.610. The van der Waals surface area contributed by atoms with Crippen molar-refractivity contribution >= 4 is 5.97 Å². The molecule has 0 radical (unpaired) electrons. The lowest BCUT2D eigenvalue weighted by Crippen LogP contribution is -2.56. The van der Waals surface area contributed by atoms with Crippen molar-refractivity contribution in [2.24, 2.45) is 5.84 Å². The average Bonchev–Trinajstić information content (AvgIpc) is 1.84. The highest BCUT2D eigenvalue weighted by Crippen LogP contribution is 2.12. The molecule has 0 aliphatic carbocycles. The molecule has 0 amide bonds. The molecule has 1 aliphatic rings. The van der Waals surface area contributed by atoms with Gasteiger partial charge in [0.1, 0.15) is 6.04 Å². The third kappa shape index (κ3) is 1.04. The summed E-state index contributed by atoms with van der Waals surface area (Å²) in [6.07, 6.45) is 0.823. The number of methoxy groups -OCH3 is 1. The highest BCUT2D eigenvalue weighted by molar-refractivity contribution is 5.76. The van der Waals surface area contributed by atoms with E-state index in [1.54, 1.807) is 0 Å². The smallest absolute Gasteiger partial charge is 0.324 e. The molecule has 0 bridgehead atoms. The number of nitrogens with two attached hydrogens (primary N) is 1. The minimum absolute atomic E-state index is 0.185. The van der Waals surface area contributed by atoms with Gasteiger partial charge in [-0.3, -0.25) is 10.6 Å². The number of hydrogen-bond acceptors (Lipinski definition) is 4. The molecule has 0 spiro atoms. The lowest BCUT2D eigenvalue weighted by molar-refractivity contribution is -0.152. The normalized spacial score (nSPS) is 27.1. The summed E-state index contributed by atoms with van der Waals surface area (Å²) >= 11 is 0. The van der Waals surface area contributed by atoms with Gasteiger partial charge >= 0.3 is 5.97 Å². The zero-order valence-electron chi connectivity index (χ0n) is 5.33. The van der Waals surface area contributed by atoms with Crippen molar-refractivity contribution in [2.45, 2.75) is 12.5 Å². The molecule has 1 aliphatic heterocycles. The van der Waals surface area contributed by atoms with E-state index >= 15 is 0 Å². The SMILES string of the molecule is COC(=O)[C@H]1CCN1N. The Labute approximate surface area is 53.5 Å². The Morgan fingerprint density at radius 2 is 2.56 bits per heavy atom. The molecule has 0 unspecified atom stereocenters. The summed E-state index contributed by atoms with van der Waals surface area (Å²) in [6.45, 7) is 0.791. The van der Waals surface area contributed by atoms with Gasteiger partial charge in [0.2, 0.25) is 0 Å². The van der Waals surface area contributed by atoms with Gasteiger partial charge in [0, 0.05) is 6.54 Å². The molecule has 9 heavy (non-hydrogen) atoms. The van der Waals surface area contributed by atoms with Gasteiger partial charge in [-0.1, -0.05) is 0 Å². The highest BCUT2D eigenvalue weighted by atomic mass is 16.5. The minimum Gasteiger partial charge on any atom is -0.468 e. The monoisotopic (exact) mass is 130 g/mol. The van der Waals surface area contributed by atoms with Gasteiger partial charge in [-0.2, -0.15) is 0 Å². The fraction of sp³-hybridized carbons (Fsp3) is 0.800. The van der Waals surface area contributed by atoms with Crippen LogP contribution >= 0.6 is 0 Å². The lowest BCUT2D eigenvalue weighted by atomic mass is 10.1. The largest absolute Gasteiger partial charge is 0.468 e. The number of rotatable bonds is 1. The van der Waals surface area contributed by atoms with Crippen LogP contribution in [0.4, 0.5) is 0 Å². The standard InChI is InChI=1S/C5H10N2O2/c1-9-5(8)4-2-3-7(4)6/h4H,2-3,6H2,1H3/t4-/m1/s1. The zero-order valence-corrected chi connectivity index (χ0v) is 5.33. The van der Waals surface area contributed by atoms with Gasteiger partial charge in [-0.15, -0.1) is 0 Å². The van der Waals surface area contributed by atoms with E-state index in [2.05, 4.69) is 4.74 Å². The number of hydrogen-bond donors (Lipinski definition) is 1. The summed E-state index contributed by atoms with van der Waals surface area (Å²) in [5.41, 5.74) is 0. The van der Waals surface area contributed by atoms with Crippen molar-refractivity contribution in [1.82, 2.24) is 5.01 Å². The maximum Gasteiger partial charge on any atom is 0.324 e. The van der Waals surface area contributed by atoms with Crippen LogP contribution in [0.15, 0.2) is 0 Å².